The Kier molecular flexibility index (Phi) is 16.3. The highest BCUT2D eigenvalue weighted by atomic mass is 17.6. The van der Waals surface area contributed by atoms with Crippen LogP contribution in [0.5, 0.6) is 0 Å². The van der Waals surface area contributed by atoms with E-state index in [0.717, 1.165) is 0 Å². The summed E-state index contributed by atoms with van der Waals surface area (Å²) in [6.45, 7) is 0. The van der Waals surface area contributed by atoms with E-state index in [-0.39, 0.29) is 5.48 Å². The molecule has 5 heavy (non-hydrogen) atoms. The van der Waals surface area contributed by atoms with Crippen LogP contribution in [-0.2, 0) is 15.3 Å². The predicted molar refractivity (Wildman–Crippen MR) is 7.42 cm³/mol. The van der Waals surface area contributed by atoms with Crippen LogP contribution in [-0.4, -0.2) is 10.7 Å². The second-order valence-electron chi connectivity index (χ2n) is 0.143. The lowest BCUT2D eigenvalue weighted by Crippen LogP contribution is -1.73. The summed E-state index contributed by atoms with van der Waals surface area (Å²) in [4.78, 5) is 0. The molecule has 0 heterocycles. The lowest BCUT2D eigenvalue weighted by Gasteiger charge is -1.67. The SMILES string of the molecule is [OH].[O]OOO. The van der Waals surface area contributed by atoms with E-state index in [4.69, 9.17) is 10.5 Å². The molecule has 5 heteroatoms. The topological polar surface area (TPSA) is 88.6 Å². The second kappa shape index (κ2) is 9.20. The van der Waals surface area contributed by atoms with Gasteiger partial charge in [0, 0.05) is 0 Å². The van der Waals surface area contributed by atoms with Crippen LogP contribution in [0.3, 0.4) is 0 Å². The summed E-state index contributed by atoms with van der Waals surface area (Å²) in [5.41, 5.74) is 0. The molecule has 0 aliphatic carbocycles. The molecule has 2 radical (unpaired) electrons. The maximum absolute atomic E-state index is 8.33. The quantitative estimate of drug-likeness (QED) is 0.332. The van der Waals surface area contributed by atoms with Crippen molar-refractivity contribution in [1.82, 2.24) is 0 Å². The zero-order chi connectivity index (χ0) is 3.41. The monoisotopic (exact) mass is 82.0 g/mol. The Morgan fingerprint density at radius 3 is 1.80 bits per heavy atom. The van der Waals surface area contributed by atoms with Gasteiger partial charge in [-0.3, -0.25) is 5.48 Å². The van der Waals surface area contributed by atoms with Crippen molar-refractivity contribution in [3.63, 3.8) is 0 Å². The normalized spacial score (nSPS) is 6.00. The summed E-state index contributed by atoms with van der Waals surface area (Å²) >= 11 is 0. The first kappa shape index (κ1) is 8.84. The molecule has 0 fully saturated rings. The van der Waals surface area contributed by atoms with Crippen molar-refractivity contribution in [2.45, 2.75) is 0 Å². The molecule has 32 valence electrons. The molecule has 0 rings (SSSR count). The highest BCUT2D eigenvalue weighted by Gasteiger charge is 1.58. The van der Waals surface area contributed by atoms with Crippen molar-refractivity contribution in [1.29, 1.82) is 0 Å². The van der Waals surface area contributed by atoms with Crippen LogP contribution in [0, 0.1) is 0 Å². The van der Waals surface area contributed by atoms with Crippen LogP contribution in [0.15, 0.2) is 0 Å². The summed E-state index contributed by atoms with van der Waals surface area (Å²) < 4.78 is 0. The molecule has 0 atom stereocenters. The predicted octanol–water partition coefficient (Wildman–Crippen LogP) is -0.424. The van der Waals surface area contributed by atoms with Gasteiger partial charge < -0.3 is 0 Å². The number of hydrogen-bond donors (Lipinski definition) is 2. The van der Waals surface area contributed by atoms with E-state index in [1.165, 1.54) is 0 Å². The lowest BCUT2D eigenvalue weighted by molar-refractivity contribution is -0.636. The van der Waals surface area contributed by atoms with E-state index in [1.807, 2.05) is 0 Å². The third kappa shape index (κ3) is 19.2. The Bertz CT molecular complexity index is 2.00. The Morgan fingerprint density at radius 1 is 1.60 bits per heavy atom. The summed E-state index contributed by atoms with van der Waals surface area (Å²) in [5.74, 6) is 0. The van der Waals surface area contributed by atoms with Crippen molar-refractivity contribution >= 4 is 0 Å². The van der Waals surface area contributed by atoms with E-state index in [9.17, 15) is 0 Å². The molecular weight excluding hydrogens is 80.0 g/mol. The largest absolute Gasteiger partial charge is 0.255 e. The molecule has 0 amide bonds. The van der Waals surface area contributed by atoms with Crippen molar-refractivity contribution in [2.75, 3.05) is 0 Å². The summed E-state index contributed by atoms with van der Waals surface area (Å²) in [6, 6.07) is 0. The first-order valence-corrected chi connectivity index (χ1v) is 0.516. The van der Waals surface area contributed by atoms with Gasteiger partial charge in [-0.1, -0.05) is 0 Å². The second-order valence-corrected chi connectivity index (χ2v) is 0.143. The van der Waals surface area contributed by atoms with E-state index in [2.05, 4.69) is 10.1 Å². The van der Waals surface area contributed by atoms with Gasteiger partial charge >= 0.3 is 0 Å². The van der Waals surface area contributed by atoms with Crippen molar-refractivity contribution in [2.24, 2.45) is 0 Å². The molecule has 2 N–H and O–H groups in total. The summed E-state index contributed by atoms with van der Waals surface area (Å²) in [5, 5.41) is 20.0. The van der Waals surface area contributed by atoms with Gasteiger partial charge in [0.25, 0.3) is 0 Å². The minimum atomic E-state index is 0. The van der Waals surface area contributed by atoms with Crippen LogP contribution in [0.1, 0.15) is 0 Å². The van der Waals surface area contributed by atoms with Gasteiger partial charge in [-0.05, 0) is 15.3 Å². The molecule has 0 aromatic rings. The number of hydrogen-bond acceptors (Lipinski definition) is 3. The lowest BCUT2D eigenvalue weighted by atomic mass is 14.4. The molecule has 0 unspecified atom stereocenters. The maximum atomic E-state index is 8.33. The molecule has 0 bridgehead atoms. The van der Waals surface area contributed by atoms with Crippen molar-refractivity contribution in [3.05, 3.63) is 0 Å². The molecular formula is H2O5. The van der Waals surface area contributed by atoms with Crippen LogP contribution in [0.4, 0.5) is 0 Å². The summed E-state index contributed by atoms with van der Waals surface area (Å²) in [7, 11) is 0. The highest BCUT2D eigenvalue weighted by molar-refractivity contribution is 2.62. The maximum Gasteiger partial charge on any atom is -0.0000896 e. The minimum Gasteiger partial charge on any atom is -0.255 e. The van der Waals surface area contributed by atoms with Gasteiger partial charge in [0.1, 0.15) is 0 Å². The summed E-state index contributed by atoms with van der Waals surface area (Å²) in [6.07, 6.45) is 0. The van der Waals surface area contributed by atoms with Gasteiger partial charge in [0.15, 0.2) is 0 Å². The van der Waals surface area contributed by atoms with E-state index >= 15 is 0 Å². The molecule has 5 nitrogen and oxygen atoms in total. The Morgan fingerprint density at radius 2 is 1.80 bits per heavy atom. The third-order valence-corrected chi connectivity index (χ3v) is 0.0304. The molecule has 0 saturated carbocycles. The fourth-order valence-corrected chi connectivity index (χ4v) is 0. The number of rotatable bonds is 1. The van der Waals surface area contributed by atoms with E-state index < -0.39 is 0 Å². The van der Waals surface area contributed by atoms with Crippen LogP contribution in [0.2, 0.25) is 0 Å². The molecule has 0 aliphatic heterocycles. The third-order valence-electron chi connectivity index (χ3n) is 0.0304. The standard InChI is InChI=1S/HO4.HO/c1-3-4-2;/h1H;1H. The fourth-order valence-electron chi connectivity index (χ4n) is 0. The van der Waals surface area contributed by atoms with Gasteiger partial charge in [-0.15, -0.1) is 0 Å². The first-order chi connectivity index (χ1) is 1.91. The molecule has 0 saturated heterocycles. The minimum absolute atomic E-state index is 0. The van der Waals surface area contributed by atoms with Crippen LogP contribution < -0.4 is 0 Å². The molecule has 0 aliphatic rings. The van der Waals surface area contributed by atoms with Crippen molar-refractivity contribution < 1.29 is 26.1 Å². The molecule has 0 spiro atoms. The zero-order valence-electron chi connectivity index (χ0n) is 2.12. The van der Waals surface area contributed by atoms with Crippen LogP contribution in [0.25, 0.3) is 0 Å². The average Bonchev–Trinajstić information content (AvgIpc) is 1.37. The van der Waals surface area contributed by atoms with E-state index in [1.54, 1.807) is 0 Å². The van der Waals surface area contributed by atoms with Gasteiger partial charge in [0.05, 0.1) is 0 Å². The average molecular weight is 82.0 g/mol. The van der Waals surface area contributed by atoms with Crippen LogP contribution >= 0.6 is 0 Å². The smallest absolute Gasteiger partial charge is 0.0000896 e. The first-order valence-electron chi connectivity index (χ1n) is 0.516. The van der Waals surface area contributed by atoms with Gasteiger partial charge in [-0.25, -0.2) is 5.26 Å². The fraction of sp³-hybridized carbons (Fsp3) is 0. The molecule has 0 aromatic heterocycles. The Hall–Kier alpha value is -0.200. The van der Waals surface area contributed by atoms with Crippen molar-refractivity contribution in [3.8, 4) is 0 Å². The Balaban J connectivity index is 0. The Labute approximate surface area is 27.5 Å². The highest BCUT2D eigenvalue weighted by Crippen LogP contribution is 1.52. The zero-order valence-corrected chi connectivity index (χ0v) is 2.12. The van der Waals surface area contributed by atoms with Gasteiger partial charge in [-0.2, -0.15) is 0 Å². The van der Waals surface area contributed by atoms with Gasteiger partial charge in [0.2, 0.25) is 0 Å². The molecule has 0 aromatic carbocycles. The van der Waals surface area contributed by atoms with E-state index in [0.29, 0.717) is 0 Å².